The van der Waals surface area contributed by atoms with Gasteiger partial charge >= 0.3 is 0 Å². The van der Waals surface area contributed by atoms with Gasteiger partial charge in [0.05, 0.1) is 5.88 Å². The first-order valence-corrected chi connectivity index (χ1v) is 5.73. The maximum Gasteiger partial charge on any atom is 0.131 e. The van der Waals surface area contributed by atoms with Crippen molar-refractivity contribution in [1.29, 1.82) is 0 Å². The Morgan fingerprint density at radius 3 is 2.71 bits per heavy atom. The average molecular weight is 211 g/mol. The van der Waals surface area contributed by atoms with E-state index in [1.54, 1.807) is 0 Å². The van der Waals surface area contributed by atoms with Crippen LogP contribution < -0.4 is 0 Å². The molecule has 1 fully saturated rings. The van der Waals surface area contributed by atoms with E-state index < -0.39 is 0 Å². The summed E-state index contributed by atoms with van der Waals surface area (Å²) in [5.41, 5.74) is 2.09. The van der Waals surface area contributed by atoms with Crippen LogP contribution in [-0.2, 0) is 5.88 Å². The molecule has 1 aliphatic carbocycles. The number of halogens is 1. The van der Waals surface area contributed by atoms with Crippen molar-refractivity contribution in [2.45, 2.75) is 44.4 Å². The summed E-state index contributed by atoms with van der Waals surface area (Å²) in [6, 6.07) is 0. The molecule has 2 rings (SSSR count). The predicted octanol–water partition coefficient (Wildman–Crippen LogP) is 3.18. The first-order valence-electron chi connectivity index (χ1n) is 5.19. The van der Waals surface area contributed by atoms with Crippen LogP contribution in [0.3, 0.4) is 0 Å². The molecule has 2 nitrogen and oxygen atoms in total. The van der Waals surface area contributed by atoms with Crippen LogP contribution >= 0.6 is 11.6 Å². The van der Waals surface area contributed by atoms with Crippen LogP contribution in [0.25, 0.3) is 0 Å². The Hall–Kier alpha value is -0.630. The molecule has 3 heteroatoms. The van der Waals surface area contributed by atoms with Crippen molar-refractivity contribution in [3.05, 3.63) is 23.3 Å². The van der Waals surface area contributed by atoms with E-state index in [9.17, 15) is 0 Å². The number of alkyl halides is 1. The van der Waals surface area contributed by atoms with Gasteiger partial charge in [-0.15, -0.1) is 11.6 Å². The molecule has 0 atom stereocenters. The van der Waals surface area contributed by atoms with E-state index in [0.29, 0.717) is 11.8 Å². The van der Waals surface area contributed by atoms with Crippen LogP contribution in [0.2, 0.25) is 0 Å². The lowest BCUT2D eigenvalue weighted by atomic mass is 10.1. The van der Waals surface area contributed by atoms with Gasteiger partial charge in [0.2, 0.25) is 0 Å². The van der Waals surface area contributed by atoms with E-state index in [0.717, 1.165) is 17.1 Å². The maximum absolute atomic E-state index is 5.76. The van der Waals surface area contributed by atoms with Gasteiger partial charge in [-0.3, -0.25) is 0 Å². The van der Waals surface area contributed by atoms with Crippen molar-refractivity contribution < 1.29 is 0 Å². The number of hydrogen-bond donors (Lipinski definition) is 0. The SMILES string of the molecule is Cc1nc(C2CCCC2)ncc1CCl. The van der Waals surface area contributed by atoms with Gasteiger partial charge in [-0.05, 0) is 19.8 Å². The highest BCUT2D eigenvalue weighted by atomic mass is 35.5. The highest BCUT2D eigenvalue weighted by Crippen LogP contribution is 2.32. The molecule has 0 spiro atoms. The van der Waals surface area contributed by atoms with Crippen molar-refractivity contribution in [3.8, 4) is 0 Å². The molecule has 1 aromatic heterocycles. The molecule has 14 heavy (non-hydrogen) atoms. The summed E-state index contributed by atoms with van der Waals surface area (Å²) in [5.74, 6) is 2.13. The second-order valence-electron chi connectivity index (χ2n) is 3.95. The minimum Gasteiger partial charge on any atom is -0.241 e. The van der Waals surface area contributed by atoms with Crippen molar-refractivity contribution >= 4 is 11.6 Å². The fourth-order valence-electron chi connectivity index (χ4n) is 2.02. The van der Waals surface area contributed by atoms with Crippen molar-refractivity contribution in [2.75, 3.05) is 0 Å². The molecule has 0 unspecified atom stereocenters. The van der Waals surface area contributed by atoms with E-state index in [1.165, 1.54) is 25.7 Å². The zero-order valence-electron chi connectivity index (χ0n) is 8.46. The first kappa shape index (κ1) is 9.91. The van der Waals surface area contributed by atoms with Gasteiger partial charge in [-0.25, -0.2) is 9.97 Å². The van der Waals surface area contributed by atoms with Gasteiger partial charge in [-0.2, -0.15) is 0 Å². The second-order valence-corrected chi connectivity index (χ2v) is 4.22. The Morgan fingerprint density at radius 1 is 1.43 bits per heavy atom. The Kier molecular flexibility index (Phi) is 3.02. The molecule has 0 saturated heterocycles. The number of aryl methyl sites for hydroxylation is 1. The topological polar surface area (TPSA) is 25.8 Å². The summed E-state index contributed by atoms with van der Waals surface area (Å²) in [5, 5.41) is 0. The molecule has 0 bridgehead atoms. The number of rotatable bonds is 2. The Labute approximate surface area is 89.7 Å². The van der Waals surface area contributed by atoms with Gasteiger partial charge in [0.1, 0.15) is 5.82 Å². The molecular weight excluding hydrogens is 196 g/mol. The van der Waals surface area contributed by atoms with Crippen LogP contribution in [0.1, 0.15) is 48.7 Å². The summed E-state index contributed by atoms with van der Waals surface area (Å²) in [6.45, 7) is 2.01. The number of aromatic nitrogens is 2. The van der Waals surface area contributed by atoms with Gasteiger partial charge in [0.25, 0.3) is 0 Å². The van der Waals surface area contributed by atoms with Crippen LogP contribution in [-0.4, -0.2) is 9.97 Å². The monoisotopic (exact) mass is 210 g/mol. The molecule has 1 aliphatic rings. The Bertz CT molecular complexity index is 319. The minimum absolute atomic E-state index is 0.511. The fourth-order valence-corrected chi connectivity index (χ4v) is 2.28. The van der Waals surface area contributed by atoms with Crippen LogP contribution in [0.5, 0.6) is 0 Å². The zero-order chi connectivity index (χ0) is 9.97. The average Bonchev–Trinajstić information content (AvgIpc) is 2.70. The van der Waals surface area contributed by atoms with Crippen LogP contribution in [0.15, 0.2) is 6.20 Å². The molecule has 0 radical (unpaired) electrons. The third-order valence-electron chi connectivity index (χ3n) is 2.96. The van der Waals surface area contributed by atoms with Gasteiger partial charge < -0.3 is 0 Å². The van der Waals surface area contributed by atoms with E-state index in [4.69, 9.17) is 11.6 Å². The molecule has 0 aliphatic heterocycles. The molecule has 0 N–H and O–H groups in total. The predicted molar refractivity (Wildman–Crippen MR) is 57.5 cm³/mol. The molecular formula is C11H15ClN2. The summed E-state index contributed by atoms with van der Waals surface area (Å²) >= 11 is 5.76. The standard InChI is InChI=1S/C11H15ClN2/c1-8-10(6-12)7-13-11(14-8)9-4-2-3-5-9/h7,9H,2-6H2,1H3. The quantitative estimate of drug-likeness (QED) is 0.701. The van der Waals surface area contributed by atoms with Crippen molar-refractivity contribution in [3.63, 3.8) is 0 Å². The summed E-state index contributed by atoms with van der Waals surface area (Å²) < 4.78 is 0. The molecule has 76 valence electrons. The molecule has 1 saturated carbocycles. The normalized spacial score (nSPS) is 17.6. The van der Waals surface area contributed by atoms with Crippen molar-refractivity contribution in [2.24, 2.45) is 0 Å². The lowest BCUT2D eigenvalue weighted by Gasteiger charge is -2.09. The summed E-state index contributed by atoms with van der Waals surface area (Å²) in [4.78, 5) is 8.93. The Balaban J connectivity index is 2.23. The fraction of sp³-hybridized carbons (Fsp3) is 0.636. The highest BCUT2D eigenvalue weighted by molar-refractivity contribution is 6.17. The minimum atomic E-state index is 0.511. The van der Waals surface area contributed by atoms with Crippen molar-refractivity contribution in [1.82, 2.24) is 9.97 Å². The third kappa shape index (κ3) is 1.90. The van der Waals surface area contributed by atoms with E-state index >= 15 is 0 Å². The summed E-state index contributed by atoms with van der Waals surface area (Å²) in [7, 11) is 0. The number of hydrogen-bond acceptors (Lipinski definition) is 2. The molecule has 1 heterocycles. The third-order valence-corrected chi connectivity index (χ3v) is 3.25. The van der Waals surface area contributed by atoms with Crippen LogP contribution in [0.4, 0.5) is 0 Å². The smallest absolute Gasteiger partial charge is 0.131 e. The largest absolute Gasteiger partial charge is 0.241 e. The van der Waals surface area contributed by atoms with E-state index in [2.05, 4.69) is 9.97 Å². The zero-order valence-corrected chi connectivity index (χ0v) is 9.22. The maximum atomic E-state index is 5.76. The Morgan fingerprint density at radius 2 is 2.14 bits per heavy atom. The molecule has 0 amide bonds. The lowest BCUT2D eigenvalue weighted by molar-refractivity contribution is 0.662. The molecule has 1 aromatic rings. The lowest BCUT2D eigenvalue weighted by Crippen LogP contribution is -2.03. The highest BCUT2D eigenvalue weighted by Gasteiger charge is 2.19. The van der Waals surface area contributed by atoms with E-state index in [-0.39, 0.29) is 0 Å². The number of nitrogens with zero attached hydrogens (tertiary/aromatic N) is 2. The van der Waals surface area contributed by atoms with Gasteiger partial charge in [0.15, 0.2) is 0 Å². The van der Waals surface area contributed by atoms with E-state index in [1.807, 2.05) is 13.1 Å². The molecule has 0 aromatic carbocycles. The summed E-state index contributed by atoms with van der Waals surface area (Å²) in [6.07, 6.45) is 7.02. The first-order chi connectivity index (χ1) is 6.81. The van der Waals surface area contributed by atoms with Gasteiger partial charge in [-0.1, -0.05) is 12.8 Å². The van der Waals surface area contributed by atoms with Crippen LogP contribution in [0, 0.1) is 6.92 Å². The second kappa shape index (κ2) is 4.26. The van der Waals surface area contributed by atoms with Gasteiger partial charge in [0, 0.05) is 23.4 Å².